The summed E-state index contributed by atoms with van der Waals surface area (Å²) in [7, 11) is 1.63. The highest BCUT2D eigenvalue weighted by Gasteiger charge is 2.22. The van der Waals surface area contributed by atoms with Crippen molar-refractivity contribution in [2.75, 3.05) is 20.3 Å². The topological polar surface area (TPSA) is 38.8 Å². The third-order valence-corrected chi connectivity index (χ3v) is 3.10. The fourth-order valence-electron chi connectivity index (χ4n) is 1.99. The summed E-state index contributed by atoms with van der Waals surface area (Å²) in [4.78, 5) is 14.0. The van der Waals surface area contributed by atoms with E-state index in [1.807, 2.05) is 18.2 Å². The fraction of sp³-hybridized carbons (Fsp3) is 0.533. The van der Waals surface area contributed by atoms with Crippen molar-refractivity contribution in [3.8, 4) is 5.75 Å². The lowest BCUT2D eigenvalue weighted by atomic mass is 10.1. The SMILES string of the molecule is CCC(CC)N(CCOC)C(=O)Oc1ccccc1. The van der Waals surface area contributed by atoms with E-state index in [4.69, 9.17) is 9.47 Å². The predicted molar refractivity (Wildman–Crippen MR) is 75.4 cm³/mol. The Morgan fingerprint density at radius 3 is 2.37 bits per heavy atom. The fourth-order valence-corrected chi connectivity index (χ4v) is 1.99. The van der Waals surface area contributed by atoms with Gasteiger partial charge in [0.1, 0.15) is 5.75 Å². The lowest BCUT2D eigenvalue weighted by molar-refractivity contribution is 0.0999. The molecule has 0 spiro atoms. The van der Waals surface area contributed by atoms with Gasteiger partial charge in [-0.15, -0.1) is 0 Å². The zero-order valence-corrected chi connectivity index (χ0v) is 12.0. The molecule has 0 atom stereocenters. The van der Waals surface area contributed by atoms with Crippen molar-refractivity contribution in [3.63, 3.8) is 0 Å². The Kier molecular flexibility index (Phi) is 6.97. The molecule has 0 N–H and O–H groups in total. The summed E-state index contributed by atoms with van der Waals surface area (Å²) in [5.41, 5.74) is 0. The summed E-state index contributed by atoms with van der Waals surface area (Å²) in [6.45, 7) is 5.21. The third-order valence-electron chi connectivity index (χ3n) is 3.10. The monoisotopic (exact) mass is 265 g/mol. The van der Waals surface area contributed by atoms with Gasteiger partial charge in [0, 0.05) is 19.7 Å². The summed E-state index contributed by atoms with van der Waals surface area (Å²) < 4.78 is 10.5. The first-order valence-electron chi connectivity index (χ1n) is 6.75. The molecule has 19 heavy (non-hydrogen) atoms. The van der Waals surface area contributed by atoms with Crippen LogP contribution in [-0.4, -0.2) is 37.3 Å². The molecule has 0 bridgehead atoms. The zero-order chi connectivity index (χ0) is 14.1. The number of nitrogens with zero attached hydrogens (tertiary/aromatic N) is 1. The molecular weight excluding hydrogens is 242 g/mol. The maximum Gasteiger partial charge on any atom is 0.415 e. The van der Waals surface area contributed by atoms with Crippen molar-refractivity contribution in [1.29, 1.82) is 0 Å². The van der Waals surface area contributed by atoms with E-state index in [1.165, 1.54) is 0 Å². The molecule has 0 aliphatic rings. The Hall–Kier alpha value is -1.55. The Labute approximate surface area is 115 Å². The lowest BCUT2D eigenvalue weighted by Gasteiger charge is -2.29. The highest BCUT2D eigenvalue weighted by atomic mass is 16.6. The average Bonchev–Trinajstić information content (AvgIpc) is 2.44. The lowest BCUT2D eigenvalue weighted by Crippen LogP contribution is -2.43. The molecule has 4 nitrogen and oxygen atoms in total. The molecule has 1 amide bonds. The number of carbonyl (C=O) groups excluding carboxylic acids is 1. The van der Waals surface area contributed by atoms with Crippen LogP contribution in [0.1, 0.15) is 26.7 Å². The first-order chi connectivity index (χ1) is 9.22. The number of hydrogen-bond donors (Lipinski definition) is 0. The molecular formula is C15H23NO3. The average molecular weight is 265 g/mol. The molecule has 0 heterocycles. The van der Waals surface area contributed by atoms with E-state index in [-0.39, 0.29) is 12.1 Å². The number of benzene rings is 1. The summed E-state index contributed by atoms with van der Waals surface area (Å²) >= 11 is 0. The normalized spacial score (nSPS) is 10.5. The minimum atomic E-state index is -0.308. The second-order valence-corrected chi connectivity index (χ2v) is 4.34. The van der Waals surface area contributed by atoms with Crippen molar-refractivity contribution < 1.29 is 14.3 Å². The van der Waals surface area contributed by atoms with E-state index in [1.54, 1.807) is 24.1 Å². The number of para-hydroxylation sites is 1. The van der Waals surface area contributed by atoms with Crippen LogP contribution in [0.15, 0.2) is 30.3 Å². The van der Waals surface area contributed by atoms with Gasteiger partial charge in [0.05, 0.1) is 6.61 Å². The highest BCUT2D eigenvalue weighted by molar-refractivity contribution is 5.71. The van der Waals surface area contributed by atoms with Gasteiger partial charge in [-0.2, -0.15) is 0 Å². The summed E-state index contributed by atoms with van der Waals surface area (Å²) in [5.74, 6) is 0.570. The molecule has 0 saturated heterocycles. The number of ether oxygens (including phenoxy) is 2. The molecule has 0 fully saturated rings. The number of methoxy groups -OCH3 is 1. The van der Waals surface area contributed by atoms with Gasteiger partial charge in [-0.25, -0.2) is 4.79 Å². The van der Waals surface area contributed by atoms with Crippen LogP contribution in [0.25, 0.3) is 0 Å². The Morgan fingerprint density at radius 2 is 1.84 bits per heavy atom. The van der Waals surface area contributed by atoms with Gasteiger partial charge in [-0.1, -0.05) is 32.0 Å². The van der Waals surface area contributed by atoms with Gasteiger partial charge in [0.2, 0.25) is 0 Å². The van der Waals surface area contributed by atoms with Crippen molar-refractivity contribution in [1.82, 2.24) is 4.90 Å². The number of carbonyl (C=O) groups is 1. The van der Waals surface area contributed by atoms with Gasteiger partial charge >= 0.3 is 6.09 Å². The maximum atomic E-state index is 12.2. The van der Waals surface area contributed by atoms with Gasteiger partial charge in [0.15, 0.2) is 0 Å². The summed E-state index contributed by atoms with van der Waals surface area (Å²) in [6.07, 6.45) is 1.51. The molecule has 0 aliphatic carbocycles. The van der Waals surface area contributed by atoms with Crippen molar-refractivity contribution >= 4 is 6.09 Å². The molecule has 0 aliphatic heterocycles. The Morgan fingerprint density at radius 1 is 1.21 bits per heavy atom. The molecule has 0 aromatic heterocycles. The minimum absolute atomic E-state index is 0.186. The Balaban J connectivity index is 2.70. The first kappa shape index (κ1) is 15.5. The van der Waals surface area contributed by atoms with Crippen molar-refractivity contribution in [2.45, 2.75) is 32.7 Å². The van der Waals surface area contributed by atoms with Crippen LogP contribution < -0.4 is 4.74 Å². The first-order valence-corrected chi connectivity index (χ1v) is 6.75. The van der Waals surface area contributed by atoms with Gasteiger partial charge < -0.3 is 14.4 Å². The minimum Gasteiger partial charge on any atom is -0.410 e. The predicted octanol–water partition coefficient (Wildman–Crippen LogP) is 3.32. The van der Waals surface area contributed by atoms with Crippen LogP contribution in [0.5, 0.6) is 5.75 Å². The van der Waals surface area contributed by atoms with Crippen LogP contribution in [0.2, 0.25) is 0 Å². The molecule has 0 radical (unpaired) electrons. The smallest absolute Gasteiger partial charge is 0.410 e. The van der Waals surface area contributed by atoms with Crippen molar-refractivity contribution in [3.05, 3.63) is 30.3 Å². The van der Waals surface area contributed by atoms with E-state index >= 15 is 0 Å². The number of rotatable bonds is 7. The van der Waals surface area contributed by atoms with Crippen LogP contribution in [0, 0.1) is 0 Å². The van der Waals surface area contributed by atoms with Crippen LogP contribution in [-0.2, 0) is 4.74 Å². The molecule has 0 saturated carbocycles. The largest absolute Gasteiger partial charge is 0.415 e. The highest BCUT2D eigenvalue weighted by Crippen LogP contribution is 2.14. The van der Waals surface area contributed by atoms with Crippen LogP contribution in [0.3, 0.4) is 0 Å². The molecule has 1 aromatic carbocycles. The van der Waals surface area contributed by atoms with E-state index < -0.39 is 0 Å². The van der Waals surface area contributed by atoms with Gasteiger partial charge in [-0.05, 0) is 25.0 Å². The second-order valence-electron chi connectivity index (χ2n) is 4.34. The second kappa shape index (κ2) is 8.53. The van der Waals surface area contributed by atoms with E-state index in [9.17, 15) is 4.79 Å². The van der Waals surface area contributed by atoms with Gasteiger partial charge in [0.25, 0.3) is 0 Å². The summed E-state index contributed by atoms with van der Waals surface area (Å²) in [5, 5.41) is 0. The van der Waals surface area contributed by atoms with E-state index in [0.717, 1.165) is 12.8 Å². The zero-order valence-electron chi connectivity index (χ0n) is 12.0. The van der Waals surface area contributed by atoms with Gasteiger partial charge in [-0.3, -0.25) is 0 Å². The Bertz CT molecular complexity index is 363. The standard InChI is InChI=1S/C15H23NO3/c1-4-13(5-2)16(11-12-18-3)15(17)19-14-9-7-6-8-10-14/h6-10,13H,4-5,11-12H2,1-3H3. The maximum absolute atomic E-state index is 12.2. The molecule has 1 rings (SSSR count). The van der Waals surface area contributed by atoms with Crippen LogP contribution in [0.4, 0.5) is 4.79 Å². The number of amides is 1. The molecule has 106 valence electrons. The van der Waals surface area contributed by atoms with Crippen LogP contribution >= 0.6 is 0 Å². The molecule has 0 unspecified atom stereocenters. The van der Waals surface area contributed by atoms with E-state index in [0.29, 0.717) is 18.9 Å². The van der Waals surface area contributed by atoms with E-state index in [2.05, 4.69) is 13.8 Å². The van der Waals surface area contributed by atoms with Crippen molar-refractivity contribution in [2.24, 2.45) is 0 Å². The molecule has 4 heteroatoms. The summed E-state index contributed by atoms with van der Waals surface area (Å²) in [6, 6.07) is 9.32. The number of hydrogen-bond acceptors (Lipinski definition) is 3. The third kappa shape index (κ3) is 4.91. The quantitative estimate of drug-likeness (QED) is 0.759. The molecule has 1 aromatic rings.